The smallest absolute Gasteiger partial charge is 0.293 e. The molecule has 4 aromatic heterocycles. The van der Waals surface area contributed by atoms with Gasteiger partial charge in [0, 0.05) is 12.4 Å². The number of nitrogens with one attached hydrogen (secondary N) is 1. The Labute approximate surface area is 166 Å². The fourth-order valence-corrected chi connectivity index (χ4v) is 3.46. The maximum absolute atomic E-state index is 12.6. The average Bonchev–Trinajstić information content (AvgIpc) is 3.49. The first kappa shape index (κ1) is 17.5. The zero-order valence-electron chi connectivity index (χ0n) is 15.7. The molecule has 0 aromatic carbocycles. The summed E-state index contributed by atoms with van der Waals surface area (Å²) in [6, 6.07) is 10.9. The summed E-state index contributed by atoms with van der Waals surface area (Å²) in [6.07, 6.45) is 5.76. The van der Waals surface area contributed by atoms with Crippen LogP contribution in [0.15, 0.2) is 53.2 Å². The molecule has 9 nitrogen and oxygen atoms in total. The van der Waals surface area contributed by atoms with Gasteiger partial charge < -0.3 is 4.42 Å². The van der Waals surface area contributed by atoms with Crippen molar-refractivity contribution < 1.29 is 9.21 Å². The number of hydrogen-bond acceptors (Lipinski definition) is 7. The number of amides is 1. The fourth-order valence-electron chi connectivity index (χ4n) is 3.46. The lowest BCUT2D eigenvalue weighted by atomic mass is 10.2. The molecule has 5 heterocycles. The number of furan rings is 1. The highest BCUT2D eigenvalue weighted by Crippen LogP contribution is 2.18. The Hall–Kier alpha value is -3.59. The van der Waals surface area contributed by atoms with Gasteiger partial charge in [0.05, 0.1) is 17.9 Å². The third kappa shape index (κ3) is 3.59. The van der Waals surface area contributed by atoms with E-state index in [1.54, 1.807) is 29.0 Å². The number of pyridine rings is 1. The van der Waals surface area contributed by atoms with Crippen molar-refractivity contribution in [3.8, 4) is 11.4 Å². The van der Waals surface area contributed by atoms with E-state index < -0.39 is 5.91 Å². The van der Waals surface area contributed by atoms with Crippen molar-refractivity contribution in [2.45, 2.75) is 19.4 Å². The van der Waals surface area contributed by atoms with E-state index in [1.165, 1.54) is 12.8 Å². The van der Waals surface area contributed by atoms with Crippen molar-refractivity contribution in [1.29, 1.82) is 0 Å². The normalized spacial score (nSPS) is 14.5. The van der Waals surface area contributed by atoms with Gasteiger partial charge in [-0.1, -0.05) is 6.07 Å². The van der Waals surface area contributed by atoms with Gasteiger partial charge in [-0.05, 0) is 56.3 Å². The van der Waals surface area contributed by atoms with Crippen LogP contribution in [0, 0.1) is 0 Å². The molecule has 5 rings (SSSR count). The first-order valence-electron chi connectivity index (χ1n) is 9.52. The van der Waals surface area contributed by atoms with Gasteiger partial charge in [-0.3, -0.25) is 20.0 Å². The molecule has 0 saturated carbocycles. The second kappa shape index (κ2) is 7.44. The molecule has 0 spiro atoms. The predicted molar refractivity (Wildman–Crippen MR) is 105 cm³/mol. The number of anilines is 1. The van der Waals surface area contributed by atoms with Gasteiger partial charge in [-0.15, -0.1) is 5.10 Å². The number of hydrogen-bond donors (Lipinski definition) is 1. The van der Waals surface area contributed by atoms with Gasteiger partial charge in [0.2, 0.25) is 0 Å². The van der Waals surface area contributed by atoms with E-state index in [2.05, 4.69) is 30.3 Å². The highest BCUT2D eigenvalue weighted by molar-refractivity contribution is 6.01. The maximum Gasteiger partial charge on any atom is 0.293 e. The molecule has 0 bridgehead atoms. The Bertz CT molecular complexity index is 1150. The van der Waals surface area contributed by atoms with Crippen LogP contribution in [0.1, 0.15) is 29.2 Å². The zero-order chi connectivity index (χ0) is 19.6. The monoisotopic (exact) mass is 389 g/mol. The summed E-state index contributed by atoms with van der Waals surface area (Å²) in [7, 11) is 0. The summed E-state index contributed by atoms with van der Waals surface area (Å²) < 4.78 is 7.26. The average molecular weight is 389 g/mol. The largest absolute Gasteiger partial charge is 0.455 e. The summed E-state index contributed by atoms with van der Waals surface area (Å²) in [6.45, 7) is 2.86. The molecule has 1 saturated heterocycles. The van der Waals surface area contributed by atoms with Crippen molar-refractivity contribution in [3.05, 3.63) is 60.3 Å². The van der Waals surface area contributed by atoms with Crippen LogP contribution >= 0.6 is 0 Å². The molecule has 29 heavy (non-hydrogen) atoms. The van der Waals surface area contributed by atoms with Crippen LogP contribution in [0.3, 0.4) is 0 Å². The van der Waals surface area contributed by atoms with Crippen LogP contribution in [-0.4, -0.2) is 48.5 Å². The SMILES string of the molecule is O=C(Nc1nc2nccc(-c3ccccn3)n2n1)c1ccc(CN2CCCC2)o1. The molecule has 0 unspecified atom stereocenters. The summed E-state index contributed by atoms with van der Waals surface area (Å²) in [5.41, 5.74) is 1.47. The van der Waals surface area contributed by atoms with Crippen LogP contribution in [0.25, 0.3) is 17.2 Å². The van der Waals surface area contributed by atoms with E-state index in [0.29, 0.717) is 5.78 Å². The van der Waals surface area contributed by atoms with E-state index in [4.69, 9.17) is 4.42 Å². The van der Waals surface area contributed by atoms with Gasteiger partial charge in [0.15, 0.2) is 5.76 Å². The lowest BCUT2D eigenvalue weighted by Crippen LogP contribution is -2.18. The summed E-state index contributed by atoms with van der Waals surface area (Å²) >= 11 is 0. The molecule has 146 valence electrons. The lowest BCUT2D eigenvalue weighted by molar-refractivity contribution is 0.0992. The number of carbonyl (C=O) groups is 1. The van der Waals surface area contributed by atoms with Gasteiger partial charge in [0.1, 0.15) is 5.76 Å². The Morgan fingerprint density at radius 2 is 1.97 bits per heavy atom. The van der Waals surface area contributed by atoms with Crippen molar-refractivity contribution in [2.75, 3.05) is 18.4 Å². The van der Waals surface area contributed by atoms with Crippen LogP contribution in [-0.2, 0) is 6.54 Å². The van der Waals surface area contributed by atoms with Crippen LogP contribution in [0.2, 0.25) is 0 Å². The van der Waals surface area contributed by atoms with Crippen molar-refractivity contribution in [3.63, 3.8) is 0 Å². The minimum absolute atomic E-state index is 0.156. The quantitative estimate of drug-likeness (QED) is 0.560. The van der Waals surface area contributed by atoms with Crippen molar-refractivity contribution in [2.24, 2.45) is 0 Å². The van der Waals surface area contributed by atoms with Gasteiger partial charge in [-0.25, -0.2) is 4.98 Å². The Kier molecular flexibility index (Phi) is 4.49. The van der Waals surface area contributed by atoms with Crippen molar-refractivity contribution >= 4 is 17.6 Å². The van der Waals surface area contributed by atoms with E-state index in [9.17, 15) is 4.79 Å². The summed E-state index contributed by atoms with van der Waals surface area (Å²) in [4.78, 5) is 27.7. The number of aromatic nitrogens is 5. The number of nitrogens with zero attached hydrogens (tertiary/aromatic N) is 6. The molecule has 9 heteroatoms. The van der Waals surface area contributed by atoms with E-state index in [1.807, 2.05) is 24.3 Å². The highest BCUT2D eigenvalue weighted by Gasteiger charge is 2.18. The number of rotatable bonds is 5. The Morgan fingerprint density at radius 3 is 2.79 bits per heavy atom. The zero-order valence-corrected chi connectivity index (χ0v) is 15.7. The Balaban J connectivity index is 1.35. The van der Waals surface area contributed by atoms with Crippen LogP contribution in [0.4, 0.5) is 5.95 Å². The number of likely N-dealkylation sites (tertiary alicyclic amines) is 1. The Morgan fingerprint density at radius 1 is 1.07 bits per heavy atom. The molecule has 1 aliphatic heterocycles. The molecular weight excluding hydrogens is 370 g/mol. The van der Waals surface area contributed by atoms with Crippen molar-refractivity contribution in [1.82, 2.24) is 29.5 Å². The minimum Gasteiger partial charge on any atom is -0.455 e. The molecule has 1 fully saturated rings. The molecule has 1 aliphatic rings. The van der Waals surface area contributed by atoms with E-state index in [-0.39, 0.29) is 11.7 Å². The van der Waals surface area contributed by atoms with Crippen LogP contribution in [0.5, 0.6) is 0 Å². The summed E-state index contributed by atoms with van der Waals surface area (Å²) in [5, 5.41) is 7.05. The summed E-state index contributed by atoms with van der Waals surface area (Å²) in [5.74, 6) is 1.14. The first-order chi connectivity index (χ1) is 14.3. The van der Waals surface area contributed by atoms with Gasteiger partial charge >= 0.3 is 0 Å². The molecule has 0 aliphatic carbocycles. The molecule has 0 radical (unpaired) electrons. The van der Waals surface area contributed by atoms with E-state index >= 15 is 0 Å². The topological polar surface area (TPSA) is 101 Å². The second-order valence-electron chi connectivity index (χ2n) is 6.90. The lowest BCUT2D eigenvalue weighted by Gasteiger charge is -2.11. The van der Waals surface area contributed by atoms with Gasteiger partial charge in [0.25, 0.3) is 17.6 Å². The first-order valence-corrected chi connectivity index (χ1v) is 9.52. The minimum atomic E-state index is -0.395. The highest BCUT2D eigenvalue weighted by atomic mass is 16.4. The van der Waals surface area contributed by atoms with E-state index in [0.717, 1.165) is 36.8 Å². The second-order valence-corrected chi connectivity index (χ2v) is 6.90. The molecule has 1 amide bonds. The molecule has 1 N–H and O–H groups in total. The standard InChI is InChI=1S/C20H19N7O2/c28-18(17-7-6-14(29-17)13-26-11-3-4-12-26)23-19-24-20-22-10-8-16(27(20)25-19)15-5-1-2-9-21-15/h1-2,5-10H,3-4,11-13H2,(H,23,25,28). The third-order valence-corrected chi connectivity index (χ3v) is 4.86. The number of carbonyl (C=O) groups excluding carboxylic acids is 1. The molecule has 4 aromatic rings. The third-order valence-electron chi connectivity index (χ3n) is 4.86. The fraction of sp³-hybridized carbons (Fsp3) is 0.250. The maximum atomic E-state index is 12.6. The molecule has 0 atom stereocenters. The predicted octanol–water partition coefficient (Wildman–Crippen LogP) is 2.63. The number of fused-ring (bicyclic) bond motifs is 1. The van der Waals surface area contributed by atoms with Gasteiger partial charge in [-0.2, -0.15) is 9.50 Å². The molecular formula is C20H19N7O2. The van der Waals surface area contributed by atoms with Crippen LogP contribution < -0.4 is 5.32 Å².